The third kappa shape index (κ3) is 3.35. The molecule has 1 amide bonds. The van der Waals surface area contributed by atoms with E-state index in [1.54, 1.807) is 4.68 Å². The predicted octanol–water partition coefficient (Wildman–Crippen LogP) is 1.36. The topological polar surface area (TPSA) is 72.9 Å². The zero-order valence-electron chi connectivity index (χ0n) is 12.5. The molecule has 0 unspecified atom stereocenters. The van der Waals surface area contributed by atoms with Gasteiger partial charge < -0.3 is 11.1 Å². The standard InChI is InChI=1S/C14H26N4O/c1-5-12-11(9-18(4)17-12)8-16-13(19)14(6-2,7-3)10-15/h9H,5-8,10,15H2,1-4H3,(H,16,19). The Hall–Kier alpha value is -1.36. The van der Waals surface area contributed by atoms with E-state index in [4.69, 9.17) is 5.73 Å². The van der Waals surface area contributed by atoms with E-state index in [-0.39, 0.29) is 5.91 Å². The molecule has 0 spiro atoms. The highest BCUT2D eigenvalue weighted by atomic mass is 16.2. The van der Waals surface area contributed by atoms with Crippen LogP contribution in [0.4, 0.5) is 0 Å². The number of carbonyl (C=O) groups is 1. The van der Waals surface area contributed by atoms with Gasteiger partial charge in [-0.3, -0.25) is 9.48 Å². The van der Waals surface area contributed by atoms with Crippen molar-refractivity contribution >= 4 is 5.91 Å². The monoisotopic (exact) mass is 266 g/mol. The van der Waals surface area contributed by atoms with E-state index in [1.807, 2.05) is 27.1 Å². The highest BCUT2D eigenvalue weighted by molar-refractivity contribution is 5.82. The molecule has 0 saturated carbocycles. The van der Waals surface area contributed by atoms with Crippen molar-refractivity contribution in [2.75, 3.05) is 6.54 Å². The lowest BCUT2D eigenvalue weighted by atomic mass is 9.81. The lowest BCUT2D eigenvalue weighted by Crippen LogP contribution is -2.45. The Morgan fingerprint density at radius 1 is 1.42 bits per heavy atom. The van der Waals surface area contributed by atoms with Gasteiger partial charge >= 0.3 is 0 Å². The molecule has 0 aromatic carbocycles. The Labute approximate surface area is 115 Å². The fourth-order valence-electron chi connectivity index (χ4n) is 2.34. The number of hydrogen-bond donors (Lipinski definition) is 2. The molecule has 0 bridgehead atoms. The summed E-state index contributed by atoms with van der Waals surface area (Å²) in [4.78, 5) is 12.3. The molecule has 1 heterocycles. The van der Waals surface area contributed by atoms with Crippen LogP contribution in [0.25, 0.3) is 0 Å². The Morgan fingerprint density at radius 3 is 2.53 bits per heavy atom. The van der Waals surface area contributed by atoms with Crippen molar-refractivity contribution in [1.29, 1.82) is 0 Å². The minimum absolute atomic E-state index is 0.0471. The fourth-order valence-corrected chi connectivity index (χ4v) is 2.34. The molecule has 1 aromatic heterocycles. The molecule has 19 heavy (non-hydrogen) atoms. The minimum atomic E-state index is -0.436. The summed E-state index contributed by atoms with van der Waals surface area (Å²) in [6, 6.07) is 0. The van der Waals surface area contributed by atoms with Gasteiger partial charge in [-0.05, 0) is 19.3 Å². The number of nitrogens with two attached hydrogens (primary N) is 1. The summed E-state index contributed by atoms with van der Waals surface area (Å²) in [7, 11) is 1.90. The Kier molecular flexibility index (Phi) is 5.54. The lowest BCUT2D eigenvalue weighted by Gasteiger charge is -2.28. The third-order valence-corrected chi connectivity index (χ3v) is 3.99. The molecule has 0 radical (unpaired) electrons. The number of aromatic nitrogens is 2. The van der Waals surface area contributed by atoms with Gasteiger partial charge in [0, 0.05) is 31.9 Å². The van der Waals surface area contributed by atoms with Gasteiger partial charge in [-0.1, -0.05) is 20.8 Å². The maximum absolute atomic E-state index is 12.3. The fraction of sp³-hybridized carbons (Fsp3) is 0.714. The van der Waals surface area contributed by atoms with Gasteiger partial charge in [0.2, 0.25) is 5.91 Å². The van der Waals surface area contributed by atoms with Crippen LogP contribution in [0.1, 0.15) is 44.9 Å². The van der Waals surface area contributed by atoms with Crippen molar-refractivity contribution in [2.45, 2.75) is 46.6 Å². The van der Waals surface area contributed by atoms with Crippen LogP contribution >= 0.6 is 0 Å². The van der Waals surface area contributed by atoms with E-state index >= 15 is 0 Å². The van der Waals surface area contributed by atoms with Gasteiger partial charge in [0.15, 0.2) is 0 Å². The van der Waals surface area contributed by atoms with Gasteiger partial charge in [-0.15, -0.1) is 0 Å². The Bertz CT molecular complexity index is 413. The highest BCUT2D eigenvalue weighted by Gasteiger charge is 2.33. The number of carbonyl (C=O) groups excluding carboxylic acids is 1. The van der Waals surface area contributed by atoms with Crippen LogP contribution in [0.15, 0.2) is 6.20 Å². The zero-order valence-corrected chi connectivity index (χ0v) is 12.5. The van der Waals surface area contributed by atoms with Crippen LogP contribution in [0.2, 0.25) is 0 Å². The minimum Gasteiger partial charge on any atom is -0.351 e. The number of rotatable bonds is 7. The van der Waals surface area contributed by atoms with Crippen LogP contribution in [-0.2, 0) is 24.8 Å². The molecular formula is C14H26N4O. The number of hydrogen-bond acceptors (Lipinski definition) is 3. The van der Waals surface area contributed by atoms with Crippen molar-refractivity contribution in [1.82, 2.24) is 15.1 Å². The van der Waals surface area contributed by atoms with Crippen molar-refractivity contribution in [3.63, 3.8) is 0 Å². The summed E-state index contributed by atoms with van der Waals surface area (Å²) in [5, 5.41) is 7.38. The zero-order chi connectivity index (χ0) is 14.5. The van der Waals surface area contributed by atoms with Crippen molar-refractivity contribution in [3.8, 4) is 0 Å². The van der Waals surface area contributed by atoms with Gasteiger partial charge in [-0.25, -0.2) is 0 Å². The van der Waals surface area contributed by atoms with Gasteiger partial charge in [0.1, 0.15) is 0 Å². The second-order valence-corrected chi connectivity index (χ2v) is 5.00. The summed E-state index contributed by atoms with van der Waals surface area (Å²) in [6.07, 6.45) is 4.36. The number of amides is 1. The quantitative estimate of drug-likeness (QED) is 0.782. The third-order valence-electron chi connectivity index (χ3n) is 3.99. The average Bonchev–Trinajstić information content (AvgIpc) is 2.79. The van der Waals surface area contributed by atoms with Gasteiger partial charge in [-0.2, -0.15) is 5.10 Å². The molecular weight excluding hydrogens is 240 g/mol. The normalized spacial score (nSPS) is 11.6. The number of aryl methyl sites for hydroxylation is 2. The van der Waals surface area contributed by atoms with Crippen LogP contribution in [-0.4, -0.2) is 22.2 Å². The summed E-state index contributed by atoms with van der Waals surface area (Å²) < 4.78 is 1.79. The maximum atomic E-state index is 12.3. The van der Waals surface area contributed by atoms with E-state index in [0.29, 0.717) is 13.1 Å². The molecule has 1 aromatic rings. The second-order valence-electron chi connectivity index (χ2n) is 5.00. The van der Waals surface area contributed by atoms with Crippen LogP contribution in [0.3, 0.4) is 0 Å². The average molecular weight is 266 g/mol. The summed E-state index contributed by atoms with van der Waals surface area (Å²) in [5.41, 5.74) is 7.46. The first kappa shape index (κ1) is 15.7. The molecule has 0 aliphatic heterocycles. The van der Waals surface area contributed by atoms with Crippen LogP contribution < -0.4 is 11.1 Å². The number of nitrogens with zero attached hydrogens (tertiary/aromatic N) is 2. The lowest BCUT2D eigenvalue weighted by molar-refractivity contribution is -0.131. The van der Waals surface area contributed by atoms with Crippen LogP contribution in [0, 0.1) is 5.41 Å². The summed E-state index contributed by atoms with van der Waals surface area (Å²) >= 11 is 0. The molecule has 0 aliphatic carbocycles. The summed E-state index contributed by atoms with van der Waals surface area (Å²) in [6.45, 7) is 7.00. The highest BCUT2D eigenvalue weighted by Crippen LogP contribution is 2.25. The van der Waals surface area contributed by atoms with E-state index in [1.165, 1.54) is 0 Å². The molecule has 0 aliphatic rings. The smallest absolute Gasteiger partial charge is 0.227 e. The Balaban J connectivity index is 2.72. The maximum Gasteiger partial charge on any atom is 0.227 e. The largest absolute Gasteiger partial charge is 0.351 e. The molecule has 0 saturated heterocycles. The van der Waals surface area contributed by atoms with Gasteiger partial charge in [0.25, 0.3) is 0 Å². The SMILES string of the molecule is CCc1nn(C)cc1CNC(=O)C(CC)(CC)CN. The van der Waals surface area contributed by atoms with Crippen molar-refractivity contribution in [3.05, 3.63) is 17.5 Å². The first-order valence-electron chi connectivity index (χ1n) is 7.02. The molecule has 0 fully saturated rings. The first-order chi connectivity index (χ1) is 9.02. The van der Waals surface area contributed by atoms with Gasteiger partial charge in [0.05, 0.1) is 11.1 Å². The molecule has 3 N–H and O–H groups in total. The second kappa shape index (κ2) is 6.70. The summed E-state index contributed by atoms with van der Waals surface area (Å²) in [5.74, 6) is 0.0471. The van der Waals surface area contributed by atoms with Crippen LogP contribution in [0.5, 0.6) is 0 Å². The van der Waals surface area contributed by atoms with Crippen molar-refractivity contribution in [2.24, 2.45) is 18.2 Å². The van der Waals surface area contributed by atoms with E-state index in [9.17, 15) is 4.79 Å². The van der Waals surface area contributed by atoms with E-state index in [0.717, 1.165) is 30.5 Å². The molecule has 5 nitrogen and oxygen atoms in total. The molecule has 1 rings (SSSR count). The first-order valence-corrected chi connectivity index (χ1v) is 7.02. The van der Waals surface area contributed by atoms with E-state index in [2.05, 4.69) is 17.3 Å². The van der Waals surface area contributed by atoms with Crippen molar-refractivity contribution < 1.29 is 4.79 Å². The van der Waals surface area contributed by atoms with E-state index < -0.39 is 5.41 Å². The molecule has 108 valence electrons. The predicted molar refractivity (Wildman–Crippen MR) is 76.5 cm³/mol. The number of nitrogens with one attached hydrogen (secondary N) is 1. The Morgan fingerprint density at radius 2 is 2.05 bits per heavy atom. The molecule has 5 heteroatoms. The molecule has 0 atom stereocenters.